The van der Waals surface area contributed by atoms with E-state index in [0.717, 1.165) is 5.56 Å². The zero-order valence-electron chi connectivity index (χ0n) is 9.70. The lowest BCUT2D eigenvalue weighted by Gasteiger charge is -2.03. The molecule has 0 bridgehead atoms. The minimum Gasteiger partial charge on any atom is -0.299 e. The smallest absolute Gasteiger partial charge is 0.141 e. The Morgan fingerprint density at radius 2 is 1.67 bits per heavy atom. The molecular weight excluding hydrogens is 251 g/mol. The summed E-state index contributed by atoms with van der Waals surface area (Å²) in [5, 5.41) is 0.639. The normalized spacial score (nSPS) is 10.3. The first-order chi connectivity index (χ1) is 8.65. The third kappa shape index (κ3) is 3.41. The SMILES string of the molecule is O=C(Cc1ccc(Cl)cc1)Cc1ccccc1F. The van der Waals surface area contributed by atoms with E-state index in [-0.39, 0.29) is 18.0 Å². The van der Waals surface area contributed by atoms with Crippen LogP contribution in [0.3, 0.4) is 0 Å². The van der Waals surface area contributed by atoms with Crippen molar-refractivity contribution >= 4 is 17.4 Å². The molecule has 0 saturated carbocycles. The van der Waals surface area contributed by atoms with E-state index >= 15 is 0 Å². The monoisotopic (exact) mass is 262 g/mol. The molecule has 0 aliphatic rings. The first-order valence-electron chi connectivity index (χ1n) is 5.65. The Hall–Kier alpha value is -1.67. The molecule has 0 fully saturated rings. The molecule has 2 aromatic rings. The van der Waals surface area contributed by atoms with Crippen LogP contribution < -0.4 is 0 Å². The summed E-state index contributed by atoms with van der Waals surface area (Å²) in [5.74, 6) is -0.343. The predicted octanol–water partition coefficient (Wildman–Crippen LogP) is 3.83. The van der Waals surface area contributed by atoms with E-state index in [0.29, 0.717) is 17.0 Å². The summed E-state index contributed by atoms with van der Waals surface area (Å²) in [6.45, 7) is 0. The molecule has 3 heteroatoms. The quantitative estimate of drug-likeness (QED) is 0.818. The number of ketones is 1. The van der Waals surface area contributed by atoms with Crippen LogP contribution in [0.2, 0.25) is 5.02 Å². The van der Waals surface area contributed by atoms with Crippen molar-refractivity contribution < 1.29 is 9.18 Å². The number of Topliss-reactive ketones (excluding diaryl/α,β-unsaturated/α-hetero) is 1. The zero-order valence-corrected chi connectivity index (χ0v) is 10.5. The molecule has 0 atom stereocenters. The van der Waals surface area contributed by atoms with Gasteiger partial charge in [-0.1, -0.05) is 41.9 Å². The van der Waals surface area contributed by atoms with Gasteiger partial charge in [-0.2, -0.15) is 0 Å². The molecule has 0 aromatic heterocycles. The fourth-order valence-corrected chi connectivity index (χ4v) is 1.87. The topological polar surface area (TPSA) is 17.1 Å². The number of carbonyl (C=O) groups is 1. The lowest BCUT2D eigenvalue weighted by Crippen LogP contribution is -2.07. The van der Waals surface area contributed by atoms with Crippen molar-refractivity contribution in [3.8, 4) is 0 Å². The number of carbonyl (C=O) groups excluding carboxylic acids is 1. The molecule has 0 amide bonds. The second-order valence-corrected chi connectivity index (χ2v) is 4.55. The van der Waals surface area contributed by atoms with Crippen molar-refractivity contribution in [2.45, 2.75) is 12.8 Å². The second kappa shape index (κ2) is 5.78. The molecule has 0 radical (unpaired) electrons. The molecule has 0 aliphatic carbocycles. The average Bonchev–Trinajstić information content (AvgIpc) is 2.35. The Morgan fingerprint density at radius 1 is 1.00 bits per heavy atom. The van der Waals surface area contributed by atoms with Crippen molar-refractivity contribution in [1.29, 1.82) is 0 Å². The van der Waals surface area contributed by atoms with Crippen LogP contribution in [0.15, 0.2) is 48.5 Å². The third-order valence-electron chi connectivity index (χ3n) is 2.66. The summed E-state index contributed by atoms with van der Waals surface area (Å²) < 4.78 is 13.4. The lowest BCUT2D eigenvalue weighted by atomic mass is 10.0. The van der Waals surface area contributed by atoms with Gasteiger partial charge in [-0.3, -0.25) is 4.79 Å². The molecule has 0 aliphatic heterocycles. The van der Waals surface area contributed by atoms with Crippen molar-refractivity contribution in [2.75, 3.05) is 0 Å². The molecule has 18 heavy (non-hydrogen) atoms. The van der Waals surface area contributed by atoms with E-state index < -0.39 is 0 Å². The van der Waals surface area contributed by atoms with E-state index in [1.54, 1.807) is 30.3 Å². The highest BCUT2D eigenvalue weighted by atomic mass is 35.5. The van der Waals surface area contributed by atoms with Crippen molar-refractivity contribution in [2.24, 2.45) is 0 Å². The van der Waals surface area contributed by atoms with Crippen molar-refractivity contribution in [3.05, 3.63) is 70.5 Å². The van der Waals surface area contributed by atoms with Gasteiger partial charge in [0.2, 0.25) is 0 Å². The molecule has 0 N–H and O–H groups in total. The number of benzene rings is 2. The maximum Gasteiger partial charge on any atom is 0.141 e. The highest BCUT2D eigenvalue weighted by Gasteiger charge is 2.08. The van der Waals surface area contributed by atoms with E-state index in [9.17, 15) is 9.18 Å². The Bertz CT molecular complexity index is 549. The van der Waals surface area contributed by atoms with Crippen LogP contribution in [0.4, 0.5) is 4.39 Å². The number of rotatable bonds is 4. The molecule has 2 rings (SSSR count). The van der Waals surface area contributed by atoms with E-state index in [4.69, 9.17) is 11.6 Å². The van der Waals surface area contributed by atoms with Gasteiger partial charge in [0.15, 0.2) is 0 Å². The Labute approximate surface area is 110 Å². The highest BCUT2D eigenvalue weighted by molar-refractivity contribution is 6.30. The van der Waals surface area contributed by atoms with Gasteiger partial charge in [0, 0.05) is 17.9 Å². The largest absolute Gasteiger partial charge is 0.299 e. The van der Waals surface area contributed by atoms with Crippen LogP contribution >= 0.6 is 11.6 Å². The van der Waals surface area contributed by atoms with Gasteiger partial charge in [0.05, 0.1) is 0 Å². The molecular formula is C15H12ClFO. The van der Waals surface area contributed by atoms with Crippen molar-refractivity contribution in [1.82, 2.24) is 0 Å². The zero-order chi connectivity index (χ0) is 13.0. The number of hydrogen-bond donors (Lipinski definition) is 0. The maximum absolute atomic E-state index is 13.4. The van der Waals surface area contributed by atoms with Crippen LogP contribution in [0, 0.1) is 5.82 Å². The van der Waals surface area contributed by atoms with E-state index in [2.05, 4.69) is 0 Å². The molecule has 0 spiro atoms. The molecule has 0 saturated heterocycles. The maximum atomic E-state index is 13.4. The first kappa shape index (κ1) is 12.8. The van der Waals surface area contributed by atoms with Gasteiger partial charge in [-0.25, -0.2) is 4.39 Å². The molecule has 1 nitrogen and oxygen atoms in total. The fraction of sp³-hybridized carbons (Fsp3) is 0.133. The summed E-state index contributed by atoms with van der Waals surface area (Å²) >= 11 is 5.76. The van der Waals surface area contributed by atoms with E-state index in [1.165, 1.54) is 6.07 Å². The Kier molecular flexibility index (Phi) is 4.11. The van der Waals surface area contributed by atoms with E-state index in [1.807, 2.05) is 12.1 Å². The predicted molar refractivity (Wildman–Crippen MR) is 70.3 cm³/mol. The Morgan fingerprint density at radius 3 is 2.33 bits per heavy atom. The summed E-state index contributed by atoms with van der Waals surface area (Å²) in [6, 6.07) is 13.4. The molecule has 92 valence electrons. The minimum absolute atomic E-state index is 0.0116. The van der Waals surface area contributed by atoms with Gasteiger partial charge in [-0.05, 0) is 29.3 Å². The van der Waals surface area contributed by atoms with Gasteiger partial charge >= 0.3 is 0 Å². The van der Waals surface area contributed by atoms with Gasteiger partial charge in [0.1, 0.15) is 11.6 Å². The number of hydrogen-bond acceptors (Lipinski definition) is 1. The highest BCUT2D eigenvalue weighted by Crippen LogP contribution is 2.12. The third-order valence-corrected chi connectivity index (χ3v) is 2.91. The molecule has 0 unspecified atom stereocenters. The van der Waals surface area contributed by atoms with Crippen LogP contribution in [0.1, 0.15) is 11.1 Å². The molecule has 0 heterocycles. The van der Waals surface area contributed by atoms with Crippen molar-refractivity contribution in [3.63, 3.8) is 0 Å². The standard InChI is InChI=1S/C15H12ClFO/c16-13-7-5-11(6-8-13)9-14(18)10-12-3-1-2-4-15(12)17/h1-8H,9-10H2. The summed E-state index contributed by atoms with van der Waals surface area (Å²) in [7, 11) is 0. The summed E-state index contributed by atoms with van der Waals surface area (Å²) in [4.78, 5) is 11.8. The fourth-order valence-electron chi connectivity index (χ4n) is 1.75. The number of halogens is 2. The van der Waals surface area contributed by atoms with Gasteiger partial charge in [0.25, 0.3) is 0 Å². The van der Waals surface area contributed by atoms with Crippen LogP contribution in [-0.2, 0) is 17.6 Å². The second-order valence-electron chi connectivity index (χ2n) is 4.11. The van der Waals surface area contributed by atoms with Crippen LogP contribution in [-0.4, -0.2) is 5.78 Å². The van der Waals surface area contributed by atoms with Crippen LogP contribution in [0.5, 0.6) is 0 Å². The first-order valence-corrected chi connectivity index (χ1v) is 6.02. The lowest BCUT2D eigenvalue weighted by molar-refractivity contribution is -0.117. The summed E-state index contributed by atoms with van der Waals surface area (Å²) in [5.41, 5.74) is 1.33. The summed E-state index contributed by atoms with van der Waals surface area (Å²) in [6.07, 6.45) is 0.417. The molecule has 2 aromatic carbocycles. The van der Waals surface area contributed by atoms with Gasteiger partial charge in [-0.15, -0.1) is 0 Å². The Balaban J connectivity index is 2.01. The minimum atomic E-state index is -0.332. The van der Waals surface area contributed by atoms with Crippen LogP contribution in [0.25, 0.3) is 0 Å². The van der Waals surface area contributed by atoms with Gasteiger partial charge < -0.3 is 0 Å². The average molecular weight is 263 g/mol.